The van der Waals surface area contributed by atoms with Crippen LogP contribution < -0.4 is 5.32 Å². The van der Waals surface area contributed by atoms with Crippen molar-refractivity contribution in [3.63, 3.8) is 0 Å². The average Bonchev–Trinajstić information content (AvgIpc) is 3.07. The van der Waals surface area contributed by atoms with Crippen LogP contribution in [-0.2, 0) is 6.54 Å². The number of pyridine rings is 1. The van der Waals surface area contributed by atoms with Crippen molar-refractivity contribution in [1.29, 1.82) is 0 Å². The molecule has 8 nitrogen and oxygen atoms in total. The second kappa shape index (κ2) is 7.71. The Balaban J connectivity index is 1.52. The number of nitrogens with zero attached hydrogens (tertiary/aromatic N) is 4. The zero-order chi connectivity index (χ0) is 17.8. The Kier molecular flexibility index (Phi) is 5.40. The van der Waals surface area contributed by atoms with Gasteiger partial charge in [0.25, 0.3) is 5.91 Å². The average molecular weight is 345 g/mol. The fourth-order valence-electron chi connectivity index (χ4n) is 2.80. The molecule has 0 unspecified atom stereocenters. The number of piperidine rings is 1. The summed E-state index contributed by atoms with van der Waals surface area (Å²) in [5.74, 6) is 1.09. The van der Waals surface area contributed by atoms with Gasteiger partial charge in [0.1, 0.15) is 5.69 Å². The quantitative estimate of drug-likeness (QED) is 0.831. The number of likely N-dealkylation sites (tertiary alicyclic amines) is 1. The summed E-state index contributed by atoms with van der Waals surface area (Å²) in [7, 11) is 0. The predicted molar refractivity (Wildman–Crippen MR) is 89.8 cm³/mol. The summed E-state index contributed by atoms with van der Waals surface area (Å²) in [6, 6.07) is 4.88. The lowest BCUT2D eigenvalue weighted by atomic mass is 10.0. The summed E-state index contributed by atoms with van der Waals surface area (Å²) >= 11 is 0. The molecular formula is C17H23N5O3. The Bertz CT molecular complexity index is 703. The molecule has 8 heteroatoms. The molecule has 2 aromatic heterocycles. The smallest absolute Gasteiger partial charge is 0.270 e. The first kappa shape index (κ1) is 17.5. The van der Waals surface area contributed by atoms with Gasteiger partial charge in [0, 0.05) is 25.2 Å². The summed E-state index contributed by atoms with van der Waals surface area (Å²) in [6.45, 7) is 5.65. The van der Waals surface area contributed by atoms with Crippen molar-refractivity contribution in [3.05, 3.63) is 41.9 Å². The summed E-state index contributed by atoms with van der Waals surface area (Å²) < 4.78 is 5.61. The van der Waals surface area contributed by atoms with E-state index in [1.165, 1.54) is 0 Å². The highest BCUT2D eigenvalue weighted by Crippen LogP contribution is 2.17. The van der Waals surface area contributed by atoms with E-state index in [0.717, 1.165) is 6.54 Å². The number of hydrogen-bond acceptors (Lipinski definition) is 7. The van der Waals surface area contributed by atoms with E-state index in [2.05, 4.69) is 20.5 Å². The third-order valence-corrected chi connectivity index (χ3v) is 4.22. The maximum absolute atomic E-state index is 12.2. The summed E-state index contributed by atoms with van der Waals surface area (Å²) in [5.41, 5.74) is 0.351. The molecule has 1 fully saturated rings. The van der Waals surface area contributed by atoms with E-state index < -0.39 is 6.10 Å². The summed E-state index contributed by atoms with van der Waals surface area (Å²) in [6.07, 6.45) is 1.56. The van der Waals surface area contributed by atoms with Crippen LogP contribution >= 0.6 is 0 Å². The Morgan fingerprint density at radius 3 is 2.92 bits per heavy atom. The van der Waals surface area contributed by atoms with E-state index in [4.69, 9.17) is 4.42 Å². The largest absolute Gasteiger partial charge is 0.424 e. The number of β-amino-alcohol motifs (C(OH)–C–C–N with tert-alkyl or cyclic N) is 1. The molecule has 25 heavy (non-hydrogen) atoms. The molecular weight excluding hydrogens is 322 g/mol. The van der Waals surface area contributed by atoms with Crippen LogP contribution in [0.3, 0.4) is 0 Å². The minimum absolute atomic E-state index is 0.194. The standard InChI is InChI=1S/C17H23N5O3/c1-11(2)17-21-20-15(25-17)10-22-8-6-12(14(23)9-22)19-16(24)13-5-3-4-7-18-13/h3-5,7,11-12,14,23H,6,8-10H2,1-2H3,(H,19,24)/t12-,14-/m1/s1. The molecule has 1 aliphatic heterocycles. The molecule has 0 aliphatic carbocycles. The number of aliphatic hydroxyl groups is 1. The molecule has 0 spiro atoms. The molecule has 1 amide bonds. The van der Waals surface area contributed by atoms with Crippen LogP contribution in [-0.4, -0.2) is 56.3 Å². The van der Waals surface area contributed by atoms with E-state index in [-0.39, 0.29) is 17.9 Å². The highest BCUT2D eigenvalue weighted by atomic mass is 16.4. The van der Waals surface area contributed by atoms with Gasteiger partial charge in [0.15, 0.2) is 0 Å². The van der Waals surface area contributed by atoms with Crippen LogP contribution in [0.2, 0.25) is 0 Å². The number of carbonyl (C=O) groups excluding carboxylic acids is 1. The topological polar surface area (TPSA) is 104 Å². The van der Waals surface area contributed by atoms with Gasteiger partial charge in [-0.1, -0.05) is 19.9 Å². The molecule has 0 bridgehead atoms. The summed E-state index contributed by atoms with van der Waals surface area (Å²) in [5, 5.41) is 21.3. The van der Waals surface area contributed by atoms with Crippen molar-refractivity contribution in [2.45, 2.75) is 44.9 Å². The highest BCUT2D eigenvalue weighted by Gasteiger charge is 2.30. The molecule has 1 aliphatic rings. The molecule has 3 rings (SSSR count). The maximum Gasteiger partial charge on any atom is 0.270 e. The fourth-order valence-corrected chi connectivity index (χ4v) is 2.80. The minimum atomic E-state index is -0.658. The van der Waals surface area contributed by atoms with Gasteiger partial charge in [0.2, 0.25) is 11.8 Å². The molecule has 2 atom stereocenters. The molecule has 2 N–H and O–H groups in total. The van der Waals surface area contributed by atoms with Gasteiger partial charge in [-0.15, -0.1) is 10.2 Å². The number of rotatable bonds is 5. The lowest BCUT2D eigenvalue weighted by Gasteiger charge is -2.35. The van der Waals surface area contributed by atoms with Crippen molar-refractivity contribution in [2.75, 3.05) is 13.1 Å². The SMILES string of the molecule is CC(C)c1nnc(CN2CC[C@@H](NC(=O)c3ccccn3)[C@H](O)C2)o1. The van der Waals surface area contributed by atoms with Crippen LogP contribution in [0.15, 0.2) is 28.8 Å². The van der Waals surface area contributed by atoms with Gasteiger partial charge in [0.05, 0.1) is 18.7 Å². The third kappa shape index (κ3) is 4.40. The molecule has 1 saturated heterocycles. The van der Waals surface area contributed by atoms with E-state index in [1.54, 1.807) is 24.4 Å². The molecule has 0 radical (unpaired) electrons. The van der Waals surface area contributed by atoms with Crippen molar-refractivity contribution in [3.8, 4) is 0 Å². The first-order valence-corrected chi connectivity index (χ1v) is 8.47. The molecule has 134 valence electrons. The van der Waals surface area contributed by atoms with E-state index >= 15 is 0 Å². The first-order valence-electron chi connectivity index (χ1n) is 8.47. The van der Waals surface area contributed by atoms with Gasteiger partial charge < -0.3 is 14.8 Å². The van der Waals surface area contributed by atoms with Crippen LogP contribution in [0.5, 0.6) is 0 Å². The Labute approximate surface area is 146 Å². The summed E-state index contributed by atoms with van der Waals surface area (Å²) in [4.78, 5) is 18.2. The Morgan fingerprint density at radius 2 is 2.28 bits per heavy atom. The van der Waals surface area contributed by atoms with E-state index in [9.17, 15) is 9.90 Å². The predicted octanol–water partition coefficient (Wildman–Crippen LogP) is 0.953. The molecule has 3 heterocycles. The van der Waals surface area contributed by atoms with Crippen LogP contribution in [0.25, 0.3) is 0 Å². The Morgan fingerprint density at radius 1 is 1.44 bits per heavy atom. The lowest BCUT2D eigenvalue weighted by molar-refractivity contribution is 0.0317. The number of aromatic nitrogens is 3. The maximum atomic E-state index is 12.2. The first-order chi connectivity index (χ1) is 12.0. The van der Waals surface area contributed by atoms with Crippen molar-refractivity contribution >= 4 is 5.91 Å². The number of aliphatic hydroxyl groups excluding tert-OH is 1. The van der Waals surface area contributed by atoms with Gasteiger partial charge in [-0.3, -0.25) is 14.7 Å². The van der Waals surface area contributed by atoms with E-state index in [1.807, 2.05) is 18.7 Å². The molecule has 2 aromatic rings. The Hall–Kier alpha value is -2.32. The zero-order valence-electron chi connectivity index (χ0n) is 14.4. The molecule has 0 aromatic carbocycles. The fraction of sp³-hybridized carbons (Fsp3) is 0.529. The minimum Gasteiger partial charge on any atom is -0.424 e. The number of hydrogen-bond donors (Lipinski definition) is 2. The van der Waals surface area contributed by atoms with Crippen LogP contribution in [0.1, 0.15) is 48.5 Å². The zero-order valence-corrected chi connectivity index (χ0v) is 14.4. The van der Waals surface area contributed by atoms with Gasteiger partial charge in [-0.05, 0) is 18.6 Å². The van der Waals surface area contributed by atoms with Crippen molar-refractivity contribution in [2.24, 2.45) is 0 Å². The van der Waals surface area contributed by atoms with Crippen LogP contribution in [0, 0.1) is 0 Å². The van der Waals surface area contributed by atoms with Crippen molar-refractivity contribution < 1.29 is 14.3 Å². The highest BCUT2D eigenvalue weighted by molar-refractivity contribution is 5.92. The van der Waals surface area contributed by atoms with Gasteiger partial charge >= 0.3 is 0 Å². The van der Waals surface area contributed by atoms with Gasteiger partial charge in [-0.2, -0.15) is 0 Å². The second-order valence-corrected chi connectivity index (χ2v) is 6.57. The molecule has 0 saturated carbocycles. The van der Waals surface area contributed by atoms with Crippen molar-refractivity contribution in [1.82, 2.24) is 25.4 Å². The van der Waals surface area contributed by atoms with Crippen LogP contribution in [0.4, 0.5) is 0 Å². The second-order valence-electron chi connectivity index (χ2n) is 6.57. The van der Waals surface area contributed by atoms with Gasteiger partial charge in [-0.25, -0.2) is 0 Å². The third-order valence-electron chi connectivity index (χ3n) is 4.22. The number of nitrogens with one attached hydrogen (secondary N) is 1. The lowest BCUT2D eigenvalue weighted by Crippen LogP contribution is -2.53. The normalized spacial score (nSPS) is 21.4. The number of amides is 1. The monoisotopic (exact) mass is 345 g/mol. The van der Waals surface area contributed by atoms with E-state index in [0.29, 0.717) is 37.0 Å². The number of carbonyl (C=O) groups is 1.